The molecule has 1 aromatic heterocycles. The van der Waals surface area contributed by atoms with E-state index in [9.17, 15) is 13.2 Å². The molecule has 7 heteroatoms. The van der Waals surface area contributed by atoms with Crippen LogP contribution in [-0.2, 0) is 6.18 Å². The van der Waals surface area contributed by atoms with Crippen molar-refractivity contribution in [3.8, 4) is 11.6 Å². The Morgan fingerprint density at radius 3 is 2.58 bits per heavy atom. The normalized spacial score (nSPS) is 11.4. The van der Waals surface area contributed by atoms with E-state index in [1.165, 1.54) is 30.5 Å². The van der Waals surface area contributed by atoms with Crippen LogP contribution >= 0.6 is 11.6 Å². The number of benzene rings is 1. The van der Waals surface area contributed by atoms with Gasteiger partial charge in [0.15, 0.2) is 0 Å². The fourth-order valence-corrected chi connectivity index (χ4v) is 1.62. The Labute approximate surface area is 111 Å². The first kappa shape index (κ1) is 13.5. The molecule has 0 bridgehead atoms. The third-order valence-electron chi connectivity index (χ3n) is 2.24. The molecule has 0 saturated carbocycles. The molecule has 0 aliphatic carbocycles. The number of aromatic nitrogens is 1. The number of hydrogen-bond acceptors (Lipinski definition) is 3. The second-order valence-corrected chi connectivity index (χ2v) is 4.05. The number of rotatable bonds is 2. The zero-order chi connectivity index (χ0) is 14.0. The van der Waals surface area contributed by atoms with Gasteiger partial charge < -0.3 is 10.5 Å². The minimum Gasteiger partial charge on any atom is -0.437 e. The molecule has 1 aromatic carbocycles. The standard InChI is InChI=1S/C12H8ClF3N2O/c13-9-6-7(17)3-4-10(9)19-11-8(12(14,15)16)2-1-5-18-11/h1-6H,17H2. The van der Waals surface area contributed by atoms with E-state index in [4.69, 9.17) is 22.1 Å². The number of hydrogen-bond donors (Lipinski definition) is 1. The van der Waals surface area contributed by atoms with Gasteiger partial charge in [-0.25, -0.2) is 4.98 Å². The van der Waals surface area contributed by atoms with Gasteiger partial charge in [-0.15, -0.1) is 0 Å². The molecule has 2 aromatic rings. The number of alkyl halides is 3. The van der Waals surface area contributed by atoms with Crippen LogP contribution in [0.2, 0.25) is 5.02 Å². The number of nitrogen functional groups attached to an aromatic ring is 1. The minimum atomic E-state index is -4.55. The molecule has 0 aliphatic heterocycles. The Kier molecular flexibility index (Phi) is 3.53. The molecule has 0 atom stereocenters. The summed E-state index contributed by atoms with van der Waals surface area (Å²) in [6.07, 6.45) is -3.35. The van der Waals surface area contributed by atoms with Gasteiger partial charge in [-0.3, -0.25) is 0 Å². The molecule has 0 saturated heterocycles. The summed E-state index contributed by atoms with van der Waals surface area (Å²) in [7, 11) is 0. The van der Waals surface area contributed by atoms with Crippen LogP contribution < -0.4 is 10.5 Å². The summed E-state index contributed by atoms with van der Waals surface area (Å²) in [4.78, 5) is 3.57. The van der Waals surface area contributed by atoms with E-state index in [0.29, 0.717) is 5.69 Å². The highest BCUT2D eigenvalue weighted by molar-refractivity contribution is 6.32. The number of nitrogens with zero attached hydrogens (tertiary/aromatic N) is 1. The number of nitrogens with two attached hydrogens (primary N) is 1. The Hall–Kier alpha value is -1.95. The molecular weight excluding hydrogens is 281 g/mol. The summed E-state index contributed by atoms with van der Waals surface area (Å²) >= 11 is 5.83. The van der Waals surface area contributed by atoms with E-state index >= 15 is 0 Å². The summed E-state index contributed by atoms with van der Waals surface area (Å²) in [5, 5.41) is 0.110. The maximum Gasteiger partial charge on any atom is 0.421 e. The average Bonchev–Trinajstić information content (AvgIpc) is 2.32. The van der Waals surface area contributed by atoms with E-state index in [1.54, 1.807) is 0 Å². The topological polar surface area (TPSA) is 48.1 Å². The second-order valence-electron chi connectivity index (χ2n) is 3.65. The van der Waals surface area contributed by atoms with Gasteiger partial charge in [-0.1, -0.05) is 11.6 Å². The van der Waals surface area contributed by atoms with Crippen molar-refractivity contribution in [1.82, 2.24) is 4.98 Å². The SMILES string of the molecule is Nc1ccc(Oc2ncccc2C(F)(F)F)c(Cl)c1. The van der Waals surface area contributed by atoms with Crippen molar-refractivity contribution in [2.24, 2.45) is 0 Å². The smallest absolute Gasteiger partial charge is 0.421 e. The van der Waals surface area contributed by atoms with E-state index < -0.39 is 17.6 Å². The molecule has 1 heterocycles. The van der Waals surface area contributed by atoms with Crippen LogP contribution in [0, 0.1) is 0 Å². The zero-order valence-corrected chi connectivity index (χ0v) is 10.2. The molecule has 0 amide bonds. The summed E-state index contributed by atoms with van der Waals surface area (Å²) in [5.74, 6) is -0.498. The van der Waals surface area contributed by atoms with Crippen molar-refractivity contribution in [1.29, 1.82) is 0 Å². The number of pyridine rings is 1. The zero-order valence-electron chi connectivity index (χ0n) is 9.41. The predicted octanol–water partition coefficient (Wildman–Crippen LogP) is 4.13. The molecular formula is C12H8ClF3N2O. The van der Waals surface area contributed by atoms with E-state index in [2.05, 4.69) is 4.98 Å². The van der Waals surface area contributed by atoms with Gasteiger partial charge in [-0.05, 0) is 30.3 Å². The molecule has 0 unspecified atom stereocenters. The number of halogens is 4. The molecule has 0 aliphatic rings. The summed E-state index contributed by atoms with van der Waals surface area (Å²) in [5.41, 5.74) is 4.90. The molecule has 19 heavy (non-hydrogen) atoms. The van der Waals surface area contributed by atoms with Crippen molar-refractivity contribution in [3.05, 3.63) is 47.1 Å². The largest absolute Gasteiger partial charge is 0.437 e. The second kappa shape index (κ2) is 4.97. The first-order valence-electron chi connectivity index (χ1n) is 5.13. The lowest BCUT2D eigenvalue weighted by Gasteiger charge is -2.13. The lowest BCUT2D eigenvalue weighted by atomic mass is 10.2. The predicted molar refractivity (Wildman–Crippen MR) is 65.2 cm³/mol. The van der Waals surface area contributed by atoms with Crippen LogP contribution in [0.3, 0.4) is 0 Å². The van der Waals surface area contributed by atoms with Gasteiger partial charge in [0.05, 0.1) is 5.02 Å². The molecule has 0 fully saturated rings. The van der Waals surface area contributed by atoms with Crippen LogP contribution in [0.25, 0.3) is 0 Å². The van der Waals surface area contributed by atoms with Crippen LogP contribution in [-0.4, -0.2) is 4.98 Å². The van der Waals surface area contributed by atoms with E-state index in [1.807, 2.05) is 0 Å². The molecule has 100 valence electrons. The van der Waals surface area contributed by atoms with Crippen molar-refractivity contribution in [2.45, 2.75) is 6.18 Å². The lowest BCUT2D eigenvalue weighted by molar-refractivity contribution is -0.138. The van der Waals surface area contributed by atoms with Gasteiger partial charge in [0.1, 0.15) is 11.3 Å². The average molecular weight is 289 g/mol. The van der Waals surface area contributed by atoms with Crippen molar-refractivity contribution < 1.29 is 17.9 Å². The Morgan fingerprint density at radius 1 is 1.21 bits per heavy atom. The van der Waals surface area contributed by atoms with Gasteiger partial charge >= 0.3 is 6.18 Å². The highest BCUT2D eigenvalue weighted by Crippen LogP contribution is 2.38. The molecule has 0 radical (unpaired) electrons. The summed E-state index contributed by atoms with van der Waals surface area (Å²) < 4.78 is 43.3. The fraction of sp³-hybridized carbons (Fsp3) is 0.0833. The van der Waals surface area contributed by atoms with Crippen molar-refractivity contribution in [2.75, 3.05) is 5.73 Å². The monoisotopic (exact) mass is 288 g/mol. The number of anilines is 1. The minimum absolute atomic E-state index is 0.0556. The van der Waals surface area contributed by atoms with Crippen molar-refractivity contribution in [3.63, 3.8) is 0 Å². The van der Waals surface area contributed by atoms with Gasteiger partial charge in [0.25, 0.3) is 0 Å². The maximum atomic E-state index is 12.7. The summed E-state index contributed by atoms with van der Waals surface area (Å²) in [6, 6.07) is 6.30. The van der Waals surface area contributed by atoms with Gasteiger partial charge in [0.2, 0.25) is 5.88 Å². The molecule has 2 rings (SSSR count). The first-order valence-corrected chi connectivity index (χ1v) is 5.51. The molecule has 2 N–H and O–H groups in total. The van der Waals surface area contributed by atoms with E-state index in [0.717, 1.165) is 6.07 Å². The maximum absolute atomic E-state index is 12.7. The first-order chi connectivity index (χ1) is 8.88. The fourth-order valence-electron chi connectivity index (χ4n) is 1.39. The lowest BCUT2D eigenvalue weighted by Crippen LogP contribution is -2.08. The quantitative estimate of drug-likeness (QED) is 0.845. The Balaban J connectivity index is 2.39. The van der Waals surface area contributed by atoms with Crippen LogP contribution in [0.15, 0.2) is 36.5 Å². The Bertz CT molecular complexity index is 602. The third kappa shape index (κ3) is 3.08. The van der Waals surface area contributed by atoms with Crippen molar-refractivity contribution >= 4 is 17.3 Å². The highest BCUT2D eigenvalue weighted by atomic mass is 35.5. The molecule has 0 spiro atoms. The van der Waals surface area contributed by atoms with Crippen LogP contribution in [0.1, 0.15) is 5.56 Å². The molecule has 3 nitrogen and oxygen atoms in total. The third-order valence-corrected chi connectivity index (χ3v) is 2.53. The van der Waals surface area contributed by atoms with E-state index in [-0.39, 0.29) is 10.8 Å². The van der Waals surface area contributed by atoms with Gasteiger partial charge in [0, 0.05) is 11.9 Å². The van der Waals surface area contributed by atoms with Gasteiger partial charge in [-0.2, -0.15) is 13.2 Å². The Morgan fingerprint density at radius 2 is 1.95 bits per heavy atom. The van der Waals surface area contributed by atoms with Crippen LogP contribution in [0.5, 0.6) is 11.6 Å². The summed E-state index contributed by atoms with van der Waals surface area (Å²) in [6.45, 7) is 0. The number of ether oxygens (including phenoxy) is 1. The highest BCUT2D eigenvalue weighted by Gasteiger charge is 2.35. The van der Waals surface area contributed by atoms with Crippen LogP contribution in [0.4, 0.5) is 18.9 Å².